The normalized spacial score (nSPS) is 11.0. The molecule has 2 aromatic rings. The zero-order valence-corrected chi connectivity index (χ0v) is 19.0. The topological polar surface area (TPSA) is 67.6 Å². The maximum atomic E-state index is 5.81. The fourth-order valence-electron chi connectivity index (χ4n) is 2.51. The third-order valence-electron chi connectivity index (χ3n) is 4.03. The Morgan fingerprint density at radius 3 is 2.67 bits per heavy atom. The van der Waals surface area contributed by atoms with Crippen molar-refractivity contribution in [3.05, 3.63) is 42.0 Å². The minimum Gasteiger partial charge on any atom is -0.492 e. The van der Waals surface area contributed by atoms with Gasteiger partial charge in [0.15, 0.2) is 5.96 Å². The van der Waals surface area contributed by atoms with Crippen molar-refractivity contribution in [1.29, 1.82) is 0 Å². The Bertz CT molecular complexity index is 686. The molecule has 27 heavy (non-hydrogen) atoms. The Morgan fingerprint density at radius 2 is 2.00 bits per heavy atom. The van der Waals surface area contributed by atoms with Crippen molar-refractivity contribution in [3.63, 3.8) is 0 Å². The third kappa shape index (κ3) is 7.74. The van der Waals surface area contributed by atoms with Crippen LogP contribution in [0.2, 0.25) is 0 Å². The standard InChI is InChI=1S/C19H30N6O.HI/c1-5-18-23-22-15-25(18)12-11-21-19(20-6-2)24(4)13-14-26-17-9-7-16(3)8-10-17;/h7-10,15H,5-6,11-14H2,1-4H3,(H,20,21);1H. The van der Waals surface area contributed by atoms with Crippen molar-refractivity contribution in [2.24, 2.45) is 4.99 Å². The molecule has 0 radical (unpaired) electrons. The smallest absolute Gasteiger partial charge is 0.193 e. The summed E-state index contributed by atoms with van der Waals surface area (Å²) in [5.41, 5.74) is 1.23. The first-order chi connectivity index (χ1) is 12.6. The molecule has 0 fully saturated rings. The van der Waals surface area contributed by atoms with Crippen molar-refractivity contribution in [2.45, 2.75) is 33.7 Å². The molecule has 7 nitrogen and oxygen atoms in total. The van der Waals surface area contributed by atoms with Gasteiger partial charge < -0.3 is 19.5 Å². The van der Waals surface area contributed by atoms with E-state index in [9.17, 15) is 0 Å². The first-order valence-electron chi connectivity index (χ1n) is 9.19. The zero-order valence-electron chi connectivity index (χ0n) is 16.7. The predicted octanol–water partition coefficient (Wildman–Crippen LogP) is 2.74. The van der Waals surface area contributed by atoms with Gasteiger partial charge in [-0.3, -0.25) is 4.99 Å². The van der Waals surface area contributed by atoms with Crippen molar-refractivity contribution < 1.29 is 4.74 Å². The maximum Gasteiger partial charge on any atom is 0.193 e. The SMILES string of the molecule is CCNC(=NCCn1cnnc1CC)N(C)CCOc1ccc(C)cc1.I. The van der Waals surface area contributed by atoms with Gasteiger partial charge in [0.05, 0.1) is 13.1 Å². The first-order valence-corrected chi connectivity index (χ1v) is 9.19. The van der Waals surface area contributed by atoms with Crippen LogP contribution in [-0.4, -0.2) is 58.9 Å². The summed E-state index contributed by atoms with van der Waals surface area (Å²) in [5, 5.41) is 11.4. The van der Waals surface area contributed by atoms with Gasteiger partial charge in [0.2, 0.25) is 0 Å². The summed E-state index contributed by atoms with van der Waals surface area (Å²) in [4.78, 5) is 6.79. The monoisotopic (exact) mass is 486 g/mol. The van der Waals surface area contributed by atoms with Crippen LogP contribution in [0.15, 0.2) is 35.6 Å². The summed E-state index contributed by atoms with van der Waals surface area (Å²) in [7, 11) is 2.02. The molecule has 1 aromatic heterocycles. The minimum absolute atomic E-state index is 0. The number of aromatic nitrogens is 3. The Balaban J connectivity index is 0.00000364. The van der Waals surface area contributed by atoms with Crippen LogP contribution in [-0.2, 0) is 13.0 Å². The highest BCUT2D eigenvalue weighted by atomic mass is 127. The van der Waals surface area contributed by atoms with Gasteiger partial charge in [0.1, 0.15) is 24.5 Å². The molecule has 0 bridgehead atoms. The van der Waals surface area contributed by atoms with Crippen molar-refractivity contribution >= 4 is 29.9 Å². The van der Waals surface area contributed by atoms with E-state index in [2.05, 4.69) is 53.3 Å². The Kier molecular flexibility index (Phi) is 10.8. The number of hydrogen-bond acceptors (Lipinski definition) is 4. The molecule has 0 aliphatic carbocycles. The van der Waals surface area contributed by atoms with E-state index in [1.54, 1.807) is 6.33 Å². The molecule has 0 spiro atoms. The lowest BCUT2D eigenvalue weighted by atomic mass is 10.2. The average molecular weight is 486 g/mol. The van der Waals surface area contributed by atoms with E-state index in [4.69, 9.17) is 9.73 Å². The highest BCUT2D eigenvalue weighted by Gasteiger charge is 2.06. The number of benzene rings is 1. The number of aryl methyl sites for hydroxylation is 2. The number of nitrogens with zero attached hydrogens (tertiary/aromatic N) is 5. The quantitative estimate of drug-likeness (QED) is 0.336. The zero-order chi connectivity index (χ0) is 18.8. The summed E-state index contributed by atoms with van der Waals surface area (Å²) in [6.07, 6.45) is 2.64. The molecule has 0 saturated carbocycles. The fraction of sp³-hybridized carbons (Fsp3) is 0.526. The number of likely N-dealkylation sites (N-methyl/N-ethyl adjacent to an activating group) is 1. The molecular formula is C19H31IN6O. The molecule has 1 aromatic carbocycles. The van der Waals surface area contributed by atoms with Crippen LogP contribution >= 0.6 is 24.0 Å². The van der Waals surface area contributed by atoms with E-state index in [1.165, 1.54) is 5.56 Å². The average Bonchev–Trinajstić information content (AvgIpc) is 3.10. The van der Waals surface area contributed by atoms with E-state index >= 15 is 0 Å². The van der Waals surface area contributed by atoms with E-state index in [0.29, 0.717) is 13.2 Å². The number of halogens is 1. The second kappa shape index (κ2) is 12.5. The van der Waals surface area contributed by atoms with Gasteiger partial charge in [0, 0.05) is 26.6 Å². The summed E-state index contributed by atoms with van der Waals surface area (Å²) in [6.45, 7) is 9.86. The Labute approximate surface area is 179 Å². The molecule has 150 valence electrons. The summed E-state index contributed by atoms with van der Waals surface area (Å²) in [5.74, 6) is 2.77. The van der Waals surface area contributed by atoms with Crippen LogP contribution in [0.4, 0.5) is 0 Å². The van der Waals surface area contributed by atoms with Crippen LogP contribution in [0, 0.1) is 6.92 Å². The highest BCUT2D eigenvalue weighted by molar-refractivity contribution is 14.0. The van der Waals surface area contributed by atoms with Crippen molar-refractivity contribution in [1.82, 2.24) is 25.0 Å². The molecule has 0 aliphatic rings. The second-order valence-electron chi connectivity index (χ2n) is 6.11. The fourth-order valence-corrected chi connectivity index (χ4v) is 2.51. The molecule has 0 saturated heterocycles. The van der Waals surface area contributed by atoms with Gasteiger partial charge in [-0.1, -0.05) is 24.6 Å². The molecule has 2 rings (SSSR count). The van der Waals surface area contributed by atoms with Gasteiger partial charge in [-0.05, 0) is 26.0 Å². The van der Waals surface area contributed by atoms with Crippen molar-refractivity contribution in [2.75, 3.05) is 33.3 Å². The molecule has 0 aliphatic heterocycles. The third-order valence-corrected chi connectivity index (χ3v) is 4.03. The van der Waals surface area contributed by atoms with Crippen LogP contribution < -0.4 is 10.1 Å². The molecule has 0 amide bonds. The highest BCUT2D eigenvalue weighted by Crippen LogP contribution is 2.11. The van der Waals surface area contributed by atoms with E-state index < -0.39 is 0 Å². The predicted molar refractivity (Wildman–Crippen MR) is 120 cm³/mol. The van der Waals surface area contributed by atoms with Gasteiger partial charge in [0.25, 0.3) is 0 Å². The van der Waals surface area contributed by atoms with Crippen LogP contribution in [0.3, 0.4) is 0 Å². The molecular weight excluding hydrogens is 455 g/mol. The molecule has 8 heteroatoms. The minimum atomic E-state index is 0. The van der Waals surface area contributed by atoms with E-state index in [0.717, 1.165) is 43.6 Å². The van der Waals surface area contributed by atoms with Gasteiger partial charge in [-0.25, -0.2) is 0 Å². The summed E-state index contributed by atoms with van der Waals surface area (Å²) >= 11 is 0. The Hall–Kier alpha value is -1.84. The van der Waals surface area contributed by atoms with E-state index in [1.807, 2.05) is 23.7 Å². The number of rotatable bonds is 9. The lowest BCUT2D eigenvalue weighted by Crippen LogP contribution is -2.41. The number of nitrogens with one attached hydrogen (secondary N) is 1. The van der Waals surface area contributed by atoms with Crippen LogP contribution in [0.1, 0.15) is 25.2 Å². The number of ether oxygens (including phenoxy) is 1. The van der Waals surface area contributed by atoms with E-state index in [-0.39, 0.29) is 24.0 Å². The lowest BCUT2D eigenvalue weighted by molar-refractivity contribution is 0.281. The van der Waals surface area contributed by atoms with Gasteiger partial charge >= 0.3 is 0 Å². The molecule has 1 heterocycles. The maximum absolute atomic E-state index is 5.81. The second-order valence-corrected chi connectivity index (χ2v) is 6.11. The summed E-state index contributed by atoms with van der Waals surface area (Å²) in [6, 6.07) is 8.11. The van der Waals surface area contributed by atoms with Crippen molar-refractivity contribution in [3.8, 4) is 5.75 Å². The summed E-state index contributed by atoms with van der Waals surface area (Å²) < 4.78 is 7.86. The molecule has 0 atom stereocenters. The lowest BCUT2D eigenvalue weighted by Gasteiger charge is -2.22. The molecule has 1 N–H and O–H groups in total. The van der Waals surface area contributed by atoms with Crippen LogP contribution in [0.25, 0.3) is 0 Å². The van der Waals surface area contributed by atoms with Gasteiger partial charge in [-0.15, -0.1) is 34.2 Å². The van der Waals surface area contributed by atoms with Gasteiger partial charge in [-0.2, -0.15) is 0 Å². The Morgan fingerprint density at radius 1 is 1.26 bits per heavy atom. The number of aliphatic imine (C=N–C) groups is 1. The largest absolute Gasteiger partial charge is 0.492 e. The number of guanidine groups is 1. The first kappa shape index (κ1) is 23.2. The van der Waals surface area contributed by atoms with Crippen LogP contribution in [0.5, 0.6) is 5.75 Å². The molecule has 0 unspecified atom stereocenters. The number of hydrogen-bond donors (Lipinski definition) is 1.